The van der Waals surface area contributed by atoms with Gasteiger partial charge in [0.25, 0.3) is 0 Å². The molecular formula is C7H3F4NO2. The lowest BCUT2D eigenvalue weighted by molar-refractivity contribution is -0.167. The molecule has 1 aromatic heterocycles. The van der Waals surface area contributed by atoms with E-state index in [0.29, 0.717) is 12.4 Å². The number of alkyl halides is 2. The van der Waals surface area contributed by atoms with Gasteiger partial charge < -0.3 is 5.11 Å². The number of carboxylic acids is 1. The molecule has 7 heteroatoms. The predicted octanol–water partition coefficient (Wildman–Crippen LogP) is 1.54. The molecule has 1 heterocycles. The number of aromatic nitrogens is 1. The number of hydrogen-bond donors (Lipinski definition) is 1. The molecule has 0 atom stereocenters. The largest absolute Gasteiger partial charge is 0.477 e. The molecule has 0 unspecified atom stereocenters. The summed E-state index contributed by atoms with van der Waals surface area (Å²) in [5, 5.41) is 8.04. The maximum atomic E-state index is 12.7. The maximum absolute atomic E-state index is 12.7. The number of nitrogens with zero attached hydrogens (tertiary/aromatic N) is 1. The zero-order valence-corrected chi connectivity index (χ0v) is 6.47. The van der Waals surface area contributed by atoms with Gasteiger partial charge >= 0.3 is 11.9 Å². The van der Waals surface area contributed by atoms with Gasteiger partial charge in [-0.15, -0.1) is 0 Å². The monoisotopic (exact) mass is 209 g/mol. The Morgan fingerprint density at radius 2 is 1.71 bits per heavy atom. The normalized spacial score (nSPS) is 11.4. The van der Waals surface area contributed by atoms with Crippen molar-refractivity contribution in [2.24, 2.45) is 0 Å². The number of pyridine rings is 1. The molecule has 1 aromatic rings. The SMILES string of the molecule is O=C(O)C(F)(F)c1c(F)cncc1F. The summed E-state index contributed by atoms with van der Waals surface area (Å²) in [5.41, 5.74) is -1.81. The van der Waals surface area contributed by atoms with Crippen LogP contribution in [0.2, 0.25) is 0 Å². The molecule has 0 bridgehead atoms. The topological polar surface area (TPSA) is 50.2 Å². The molecular weight excluding hydrogens is 206 g/mol. The first-order valence-corrected chi connectivity index (χ1v) is 3.28. The van der Waals surface area contributed by atoms with Crippen LogP contribution < -0.4 is 0 Å². The Kier molecular flexibility index (Phi) is 2.41. The smallest absolute Gasteiger partial charge is 0.379 e. The standard InChI is InChI=1S/C7H3F4NO2/c8-3-1-12-2-4(9)5(3)7(10,11)6(13)14/h1-2H,(H,13,14). The highest BCUT2D eigenvalue weighted by Gasteiger charge is 2.46. The highest BCUT2D eigenvalue weighted by Crippen LogP contribution is 2.31. The van der Waals surface area contributed by atoms with Gasteiger partial charge in [0.15, 0.2) is 11.6 Å². The molecule has 0 spiro atoms. The van der Waals surface area contributed by atoms with E-state index < -0.39 is 29.1 Å². The third kappa shape index (κ3) is 1.52. The average Bonchev–Trinajstić information content (AvgIpc) is 2.02. The second-order valence-corrected chi connectivity index (χ2v) is 2.36. The van der Waals surface area contributed by atoms with E-state index >= 15 is 0 Å². The summed E-state index contributed by atoms with van der Waals surface area (Å²) in [7, 11) is 0. The fourth-order valence-electron chi connectivity index (χ4n) is 0.818. The second kappa shape index (κ2) is 3.24. The van der Waals surface area contributed by atoms with Crippen LogP contribution in [0.25, 0.3) is 0 Å². The number of carbonyl (C=O) groups is 1. The molecule has 0 amide bonds. The van der Waals surface area contributed by atoms with Gasteiger partial charge in [-0.05, 0) is 0 Å². The molecule has 1 rings (SSSR count). The zero-order chi connectivity index (χ0) is 10.9. The fourth-order valence-corrected chi connectivity index (χ4v) is 0.818. The number of rotatable bonds is 2. The Labute approximate surface area is 75.0 Å². The van der Waals surface area contributed by atoms with E-state index in [0.717, 1.165) is 0 Å². The van der Waals surface area contributed by atoms with Crippen molar-refractivity contribution < 1.29 is 27.5 Å². The van der Waals surface area contributed by atoms with Crippen molar-refractivity contribution in [1.29, 1.82) is 0 Å². The summed E-state index contributed by atoms with van der Waals surface area (Å²) in [4.78, 5) is 13.0. The van der Waals surface area contributed by atoms with Crippen molar-refractivity contribution in [3.8, 4) is 0 Å². The van der Waals surface area contributed by atoms with Gasteiger partial charge in [0.1, 0.15) is 5.56 Å². The van der Waals surface area contributed by atoms with Crippen LogP contribution >= 0.6 is 0 Å². The maximum Gasteiger partial charge on any atom is 0.379 e. The van der Waals surface area contributed by atoms with Crippen LogP contribution in [0.4, 0.5) is 17.6 Å². The summed E-state index contributed by atoms with van der Waals surface area (Å²) in [6.07, 6.45) is 0.629. The van der Waals surface area contributed by atoms with Crippen molar-refractivity contribution >= 4 is 5.97 Å². The molecule has 0 fully saturated rings. The molecule has 0 aliphatic carbocycles. The summed E-state index contributed by atoms with van der Waals surface area (Å²) in [5.74, 6) is -10.6. The van der Waals surface area contributed by atoms with Gasteiger partial charge in [-0.2, -0.15) is 8.78 Å². The first-order chi connectivity index (χ1) is 6.37. The summed E-state index contributed by atoms with van der Waals surface area (Å²) >= 11 is 0. The third-order valence-electron chi connectivity index (χ3n) is 1.44. The Morgan fingerprint density at radius 1 is 1.29 bits per heavy atom. The minimum absolute atomic E-state index is 0.315. The Hall–Kier alpha value is -1.66. The van der Waals surface area contributed by atoms with Crippen molar-refractivity contribution in [1.82, 2.24) is 4.98 Å². The van der Waals surface area contributed by atoms with Crippen molar-refractivity contribution in [2.45, 2.75) is 5.92 Å². The van der Waals surface area contributed by atoms with E-state index in [1.165, 1.54) is 0 Å². The van der Waals surface area contributed by atoms with Gasteiger partial charge in [0, 0.05) is 0 Å². The highest BCUT2D eigenvalue weighted by atomic mass is 19.3. The van der Waals surface area contributed by atoms with Crippen molar-refractivity contribution in [3.05, 3.63) is 29.6 Å². The molecule has 0 saturated heterocycles. The Bertz CT molecular complexity index is 360. The van der Waals surface area contributed by atoms with Crippen molar-refractivity contribution in [3.63, 3.8) is 0 Å². The van der Waals surface area contributed by atoms with Crippen LogP contribution in [0.15, 0.2) is 12.4 Å². The van der Waals surface area contributed by atoms with Gasteiger partial charge in [-0.3, -0.25) is 4.98 Å². The van der Waals surface area contributed by atoms with E-state index in [-0.39, 0.29) is 0 Å². The van der Waals surface area contributed by atoms with Crippen LogP contribution in [-0.2, 0) is 10.7 Å². The summed E-state index contributed by atoms with van der Waals surface area (Å²) < 4.78 is 50.7. The van der Waals surface area contributed by atoms with E-state index in [2.05, 4.69) is 4.98 Å². The van der Waals surface area contributed by atoms with Crippen LogP contribution in [0.1, 0.15) is 5.56 Å². The number of hydrogen-bond acceptors (Lipinski definition) is 2. The van der Waals surface area contributed by atoms with Crippen LogP contribution in [0.5, 0.6) is 0 Å². The van der Waals surface area contributed by atoms with Crippen LogP contribution in [0, 0.1) is 11.6 Å². The lowest BCUT2D eigenvalue weighted by atomic mass is 10.1. The zero-order valence-electron chi connectivity index (χ0n) is 6.47. The average molecular weight is 209 g/mol. The fraction of sp³-hybridized carbons (Fsp3) is 0.143. The lowest BCUT2D eigenvalue weighted by Gasteiger charge is -2.12. The van der Waals surface area contributed by atoms with Crippen LogP contribution in [-0.4, -0.2) is 16.1 Å². The molecule has 0 aromatic carbocycles. The highest BCUT2D eigenvalue weighted by molar-refractivity contribution is 5.77. The summed E-state index contributed by atoms with van der Waals surface area (Å²) in [6.45, 7) is 0. The number of aliphatic carboxylic acids is 1. The predicted molar refractivity (Wildman–Crippen MR) is 35.7 cm³/mol. The first kappa shape index (κ1) is 10.4. The minimum Gasteiger partial charge on any atom is -0.477 e. The van der Waals surface area contributed by atoms with E-state index in [1.807, 2.05) is 0 Å². The van der Waals surface area contributed by atoms with Gasteiger partial charge in [-0.25, -0.2) is 13.6 Å². The first-order valence-electron chi connectivity index (χ1n) is 3.28. The van der Waals surface area contributed by atoms with Gasteiger partial charge in [-0.1, -0.05) is 0 Å². The molecule has 0 saturated carbocycles. The molecule has 3 nitrogen and oxygen atoms in total. The van der Waals surface area contributed by atoms with E-state index in [9.17, 15) is 22.4 Å². The molecule has 14 heavy (non-hydrogen) atoms. The third-order valence-corrected chi connectivity index (χ3v) is 1.44. The number of halogens is 4. The minimum atomic E-state index is -4.60. The Morgan fingerprint density at radius 3 is 2.07 bits per heavy atom. The molecule has 0 aliphatic rings. The van der Waals surface area contributed by atoms with Crippen molar-refractivity contribution in [2.75, 3.05) is 0 Å². The molecule has 0 aliphatic heterocycles. The van der Waals surface area contributed by atoms with Gasteiger partial charge in [0.2, 0.25) is 0 Å². The number of carboxylic acid groups (broad SMARTS) is 1. The second-order valence-electron chi connectivity index (χ2n) is 2.36. The quantitative estimate of drug-likeness (QED) is 0.751. The Balaban J connectivity index is 3.38. The van der Waals surface area contributed by atoms with E-state index in [1.54, 1.807) is 0 Å². The molecule has 1 N–H and O–H groups in total. The molecule has 0 radical (unpaired) electrons. The van der Waals surface area contributed by atoms with Crippen LogP contribution in [0.3, 0.4) is 0 Å². The lowest BCUT2D eigenvalue weighted by Crippen LogP contribution is -2.28. The van der Waals surface area contributed by atoms with E-state index in [4.69, 9.17) is 5.11 Å². The molecule has 76 valence electrons. The van der Waals surface area contributed by atoms with Gasteiger partial charge in [0.05, 0.1) is 12.4 Å². The summed E-state index contributed by atoms with van der Waals surface area (Å²) in [6, 6.07) is 0.